The van der Waals surface area contributed by atoms with E-state index in [1.54, 1.807) is 61.5 Å². The summed E-state index contributed by atoms with van der Waals surface area (Å²) in [6.45, 7) is 1.75. The van der Waals surface area contributed by atoms with Crippen molar-refractivity contribution in [1.82, 2.24) is 0 Å². The van der Waals surface area contributed by atoms with Gasteiger partial charge in [-0.2, -0.15) is 0 Å². The number of aliphatic carboxylic acids is 1. The van der Waals surface area contributed by atoms with Gasteiger partial charge in [-0.3, -0.25) is 4.79 Å². The lowest BCUT2D eigenvalue weighted by atomic mass is 9.99. The molecule has 5 nitrogen and oxygen atoms in total. The second-order valence-electron chi connectivity index (χ2n) is 6.81. The third-order valence-electron chi connectivity index (χ3n) is 4.67. The highest BCUT2D eigenvalue weighted by Gasteiger charge is 2.15. The molecule has 0 unspecified atom stereocenters. The molecule has 30 heavy (non-hydrogen) atoms. The fourth-order valence-corrected chi connectivity index (χ4v) is 3.09. The smallest absolute Gasteiger partial charge is 0.343 e. The van der Waals surface area contributed by atoms with E-state index in [1.165, 1.54) is 13.2 Å². The fraction of sp³-hybridized carbons (Fsp3) is 0.167. The van der Waals surface area contributed by atoms with E-state index in [0.29, 0.717) is 40.2 Å². The number of rotatable bonds is 7. The van der Waals surface area contributed by atoms with Crippen LogP contribution in [0.25, 0.3) is 11.1 Å². The summed E-state index contributed by atoms with van der Waals surface area (Å²) >= 11 is 0. The minimum Gasteiger partial charge on any atom is -0.497 e. The van der Waals surface area contributed by atoms with Gasteiger partial charge in [0.2, 0.25) is 0 Å². The Morgan fingerprint density at radius 2 is 1.80 bits per heavy atom. The Balaban J connectivity index is 1.79. The van der Waals surface area contributed by atoms with Crippen molar-refractivity contribution >= 4 is 11.9 Å². The zero-order chi connectivity index (χ0) is 21.7. The monoisotopic (exact) mass is 408 g/mol. The molecule has 0 heterocycles. The maximum absolute atomic E-state index is 14.2. The highest BCUT2D eigenvalue weighted by Crippen LogP contribution is 2.29. The van der Waals surface area contributed by atoms with Gasteiger partial charge in [0.25, 0.3) is 0 Å². The zero-order valence-electron chi connectivity index (χ0n) is 16.6. The molecule has 0 radical (unpaired) electrons. The molecular weight excluding hydrogens is 387 g/mol. The second kappa shape index (κ2) is 9.22. The van der Waals surface area contributed by atoms with Crippen LogP contribution in [-0.4, -0.2) is 24.2 Å². The molecule has 0 spiro atoms. The van der Waals surface area contributed by atoms with Crippen LogP contribution in [0, 0.1) is 12.7 Å². The summed E-state index contributed by atoms with van der Waals surface area (Å²) in [6, 6.07) is 16.2. The van der Waals surface area contributed by atoms with Crippen LogP contribution in [0.15, 0.2) is 60.7 Å². The summed E-state index contributed by atoms with van der Waals surface area (Å²) in [5.74, 6) is -0.939. The zero-order valence-corrected chi connectivity index (χ0v) is 16.6. The van der Waals surface area contributed by atoms with Crippen molar-refractivity contribution in [2.24, 2.45) is 0 Å². The van der Waals surface area contributed by atoms with Gasteiger partial charge in [0.1, 0.15) is 17.3 Å². The number of aryl methyl sites for hydroxylation is 2. The molecule has 0 amide bonds. The molecule has 0 aromatic heterocycles. The molecular formula is C24H21FO5. The van der Waals surface area contributed by atoms with Crippen LogP contribution in [0.4, 0.5) is 4.39 Å². The van der Waals surface area contributed by atoms with E-state index in [4.69, 9.17) is 14.6 Å². The van der Waals surface area contributed by atoms with Crippen molar-refractivity contribution in [3.05, 3.63) is 83.2 Å². The van der Waals surface area contributed by atoms with E-state index in [-0.39, 0.29) is 12.2 Å². The summed E-state index contributed by atoms with van der Waals surface area (Å²) in [5, 5.41) is 8.80. The van der Waals surface area contributed by atoms with E-state index in [1.807, 2.05) is 0 Å². The Bertz CT molecular complexity index is 1090. The largest absolute Gasteiger partial charge is 0.497 e. The number of ether oxygens (including phenoxy) is 2. The van der Waals surface area contributed by atoms with Crippen molar-refractivity contribution in [1.29, 1.82) is 0 Å². The molecule has 0 aliphatic rings. The van der Waals surface area contributed by atoms with Gasteiger partial charge in [0.05, 0.1) is 12.7 Å². The average molecular weight is 408 g/mol. The first-order valence-electron chi connectivity index (χ1n) is 9.35. The predicted octanol–water partition coefficient (Wildman–Crippen LogP) is 5.05. The molecule has 3 aromatic rings. The Morgan fingerprint density at radius 1 is 1.00 bits per heavy atom. The number of benzene rings is 3. The van der Waals surface area contributed by atoms with Crippen LogP contribution in [0.5, 0.6) is 11.5 Å². The average Bonchev–Trinajstić information content (AvgIpc) is 2.72. The van der Waals surface area contributed by atoms with E-state index in [2.05, 4.69) is 0 Å². The van der Waals surface area contributed by atoms with E-state index < -0.39 is 11.9 Å². The van der Waals surface area contributed by atoms with Gasteiger partial charge in [0, 0.05) is 12.0 Å². The molecule has 3 rings (SSSR count). The molecule has 0 saturated heterocycles. The van der Waals surface area contributed by atoms with Crippen molar-refractivity contribution in [2.75, 3.05) is 7.11 Å². The molecule has 0 aliphatic heterocycles. The minimum atomic E-state index is -0.888. The molecule has 1 N–H and O–H groups in total. The van der Waals surface area contributed by atoms with Gasteiger partial charge in [-0.05, 0) is 66.4 Å². The predicted molar refractivity (Wildman–Crippen MR) is 110 cm³/mol. The molecule has 0 bridgehead atoms. The first-order chi connectivity index (χ1) is 14.4. The number of hydrogen-bond donors (Lipinski definition) is 1. The quantitative estimate of drug-likeness (QED) is 0.438. The van der Waals surface area contributed by atoms with Gasteiger partial charge in [0.15, 0.2) is 0 Å². The second-order valence-corrected chi connectivity index (χ2v) is 6.81. The summed E-state index contributed by atoms with van der Waals surface area (Å²) in [4.78, 5) is 23.3. The number of halogens is 1. The normalized spacial score (nSPS) is 10.5. The number of hydrogen-bond acceptors (Lipinski definition) is 4. The topological polar surface area (TPSA) is 72.8 Å². The van der Waals surface area contributed by atoms with Gasteiger partial charge in [-0.1, -0.05) is 24.3 Å². The Hall–Kier alpha value is -3.67. The SMILES string of the molecule is COc1ccc(F)c(-c2ccc(C(=O)Oc3cccc(CCC(=O)O)c3)c(C)c2)c1. The van der Waals surface area contributed by atoms with Crippen molar-refractivity contribution in [3.8, 4) is 22.6 Å². The number of esters is 1. The molecule has 6 heteroatoms. The van der Waals surface area contributed by atoms with Crippen molar-refractivity contribution in [2.45, 2.75) is 19.8 Å². The Kier molecular flexibility index (Phi) is 6.47. The van der Waals surface area contributed by atoms with Crippen LogP contribution < -0.4 is 9.47 Å². The van der Waals surface area contributed by atoms with Gasteiger partial charge in [-0.25, -0.2) is 9.18 Å². The van der Waals surface area contributed by atoms with Crippen LogP contribution in [0.1, 0.15) is 27.9 Å². The molecule has 0 fully saturated rings. The highest BCUT2D eigenvalue weighted by atomic mass is 19.1. The number of carbonyl (C=O) groups is 2. The van der Waals surface area contributed by atoms with Gasteiger partial charge < -0.3 is 14.6 Å². The van der Waals surface area contributed by atoms with Crippen LogP contribution >= 0.6 is 0 Å². The molecule has 0 atom stereocenters. The van der Waals surface area contributed by atoms with E-state index in [0.717, 1.165) is 5.56 Å². The minimum absolute atomic E-state index is 0.00119. The lowest BCUT2D eigenvalue weighted by Crippen LogP contribution is -2.10. The molecule has 0 aliphatic carbocycles. The van der Waals surface area contributed by atoms with Crippen molar-refractivity contribution < 1.29 is 28.6 Å². The number of carboxylic acids is 1. The van der Waals surface area contributed by atoms with Gasteiger partial charge >= 0.3 is 11.9 Å². The molecule has 154 valence electrons. The lowest BCUT2D eigenvalue weighted by Gasteiger charge is -2.11. The number of carboxylic acid groups (broad SMARTS) is 1. The fourth-order valence-electron chi connectivity index (χ4n) is 3.09. The standard InChI is InChI=1S/C24H21FO5/c1-15-12-17(21-14-18(29-2)8-10-22(21)25)7-9-20(15)24(28)30-19-5-3-4-16(13-19)6-11-23(26)27/h3-5,7-10,12-14H,6,11H2,1-2H3,(H,26,27). The first-order valence-corrected chi connectivity index (χ1v) is 9.35. The van der Waals surface area contributed by atoms with Crippen LogP contribution in [-0.2, 0) is 11.2 Å². The van der Waals surface area contributed by atoms with Gasteiger partial charge in [-0.15, -0.1) is 0 Å². The third kappa shape index (κ3) is 5.03. The summed E-state index contributed by atoms with van der Waals surface area (Å²) in [5.41, 5.74) is 2.77. The van der Waals surface area contributed by atoms with Crippen LogP contribution in [0.2, 0.25) is 0 Å². The summed E-state index contributed by atoms with van der Waals surface area (Å²) in [6.07, 6.45) is 0.347. The first kappa shape index (κ1) is 21.0. The Labute approximate surface area is 173 Å². The maximum atomic E-state index is 14.2. The van der Waals surface area contributed by atoms with Crippen molar-refractivity contribution in [3.63, 3.8) is 0 Å². The third-order valence-corrected chi connectivity index (χ3v) is 4.67. The number of carbonyl (C=O) groups excluding carboxylic acids is 1. The number of methoxy groups -OCH3 is 1. The summed E-state index contributed by atoms with van der Waals surface area (Å²) in [7, 11) is 1.51. The highest BCUT2D eigenvalue weighted by molar-refractivity contribution is 5.93. The van der Waals surface area contributed by atoms with Crippen LogP contribution in [0.3, 0.4) is 0 Å². The molecule has 3 aromatic carbocycles. The van der Waals surface area contributed by atoms with E-state index >= 15 is 0 Å². The van der Waals surface area contributed by atoms with E-state index in [9.17, 15) is 14.0 Å². The summed E-state index contributed by atoms with van der Waals surface area (Å²) < 4.78 is 24.8. The lowest BCUT2D eigenvalue weighted by molar-refractivity contribution is -0.136. The Morgan fingerprint density at radius 3 is 2.50 bits per heavy atom. The maximum Gasteiger partial charge on any atom is 0.343 e. The molecule has 0 saturated carbocycles.